The van der Waals surface area contributed by atoms with Crippen LogP contribution in [0.4, 0.5) is 0 Å². The predicted molar refractivity (Wildman–Crippen MR) is 133 cm³/mol. The van der Waals surface area contributed by atoms with E-state index in [1.165, 1.54) is 13.5 Å². The monoisotopic (exact) mass is 488 g/mol. The molecule has 7 nitrogen and oxygen atoms in total. The molecule has 0 saturated heterocycles. The molecule has 1 aliphatic rings. The molecule has 2 amide bonds. The van der Waals surface area contributed by atoms with Crippen LogP contribution in [0.25, 0.3) is 0 Å². The molecule has 1 fully saturated rings. The Morgan fingerprint density at radius 1 is 1.00 bits per heavy atom. The fourth-order valence-corrected chi connectivity index (χ4v) is 5.17. The van der Waals surface area contributed by atoms with Gasteiger partial charge in [-0.2, -0.15) is 0 Å². The van der Waals surface area contributed by atoms with Crippen LogP contribution in [0.1, 0.15) is 42.5 Å². The smallest absolute Gasteiger partial charge is 0.249 e. The van der Waals surface area contributed by atoms with Gasteiger partial charge in [0, 0.05) is 24.6 Å². The first-order valence-electron chi connectivity index (χ1n) is 11.8. The van der Waals surface area contributed by atoms with E-state index in [1.54, 1.807) is 30.5 Å². The van der Waals surface area contributed by atoms with E-state index in [1.807, 2.05) is 40.6 Å². The summed E-state index contributed by atoms with van der Waals surface area (Å²) < 4.78 is 15.9. The minimum absolute atomic E-state index is 0.000345. The lowest BCUT2D eigenvalue weighted by Crippen LogP contribution is -2.49. The minimum atomic E-state index is -0.112. The standard InChI is InChI=1S/C26H36N2O5S/c1-31-19-26(30)28(21-8-5-4-6-9-21)18-25(29)27(17-22-10-7-15-34-22)14-13-20-11-12-23(32-2)24(16-20)33-3/h7,10-12,15-16,21H,4-6,8-9,13-14,17-19H2,1-3H3. The molecular formula is C26H36N2O5S. The molecule has 1 saturated carbocycles. The molecule has 1 aromatic heterocycles. The summed E-state index contributed by atoms with van der Waals surface area (Å²) in [5.41, 5.74) is 1.06. The highest BCUT2D eigenvalue weighted by Gasteiger charge is 2.29. The second kappa shape index (κ2) is 13.3. The van der Waals surface area contributed by atoms with E-state index >= 15 is 0 Å². The fraction of sp³-hybridized carbons (Fsp3) is 0.538. The molecule has 0 radical (unpaired) electrons. The third kappa shape index (κ3) is 7.21. The van der Waals surface area contributed by atoms with Crippen molar-refractivity contribution in [2.75, 3.05) is 41.0 Å². The molecule has 34 heavy (non-hydrogen) atoms. The summed E-state index contributed by atoms with van der Waals surface area (Å²) in [6.45, 7) is 1.16. The van der Waals surface area contributed by atoms with Gasteiger partial charge < -0.3 is 24.0 Å². The highest BCUT2D eigenvalue weighted by atomic mass is 32.1. The van der Waals surface area contributed by atoms with Gasteiger partial charge in [0.05, 0.1) is 20.8 Å². The molecule has 0 bridgehead atoms. The maximum absolute atomic E-state index is 13.5. The second-order valence-corrected chi connectivity index (χ2v) is 9.61. The summed E-state index contributed by atoms with van der Waals surface area (Å²) in [6, 6.07) is 9.96. The zero-order chi connectivity index (χ0) is 24.3. The topological polar surface area (TPSA) is 68.3 Å². The molecule has 3 rings (SSSR count). The number of methoxy groups -OCH3 is 3. The number of thiophene rings is 1. The van der Waals surface area contributed by atoms with Gasteiger partial charge in [0.15, 0.2) is 11.5 Å². The average molecular weight is 489 g/mol. The summed E-state index contributed by atoms with van der Waals surface area (Å²) in [4.78, 5) is 31.1. The van der Waals surface area contributed by atoms with Crippen LogP contribution in [0, 0.1) is 0 Å². The van der Waals surface area contributed by atoms with E-state index in [-0.39, 0.29) is 31.0 Å². The Morgan fingerprint density at radius 3 is 2.41 bits per heavy atom. The van der Waals surface area contributed by atoms with Crippen molar-refractivity contribution in [3.63, 3.8) is 0 Å². The van der Waals surface area contributed by atoms with Gasteiger partial charge in [-0.1, -0.05) is 31.4 Å². The molecule has 1 aromatic carbocycles. The molecule has 1 aliphatic carbocycles. The highest BCUT2D eigenvalue weighted by molar-refractivity contribution is 7.09. The molecule has 0 atom stereocenters. The second-order valence-electron chi connectivity index (χ2n) is 8.58. The molecule has 2 aromatic rings. The van der Waals surface area contributed by atoms with E-state index in [0.717, 1.165) is 36.1 Å². The van der Waals surface area contributed by atoms with Crippen molar-refractivity contribution in [1.29, 1.82) is 0 Å². The van der Waals surface area contributed by atoms with E-state index < -0.39 is 0 Å². The van der Waals surface area contributed by atoms with Crippen LogP contribution in [0.3, 0.4) is 0 Å². The van der Waals surface area contributed by atoms with E-state index in [9.17, 15) is 9.59 Å². The molecule has 0 unspecified atom stereocenters. The van der Waals surface area contributed by atoms with Crippen LogP contribution in [0.5, 0.6) is 11.5 Å². The number of benzene rings is 1. The van der Waals surface area contributed by atoms with Gasteiger partial charge in [0.1, 0.15) is 13.2 Å². The van der Waals surface area contributed by atoms with Crippen molar-refractivity contribution in [3.05, 3.63) is 46.2 Å². The number of carbonyl (C=O) groups excluding carboxylic acids is 2. The van der Waals surface area contributed by atoms with Crippen LogP contribution in [0.2, 0.25) is 0 Å². The summed E-state index contributed by atoms with van der Waals surface area (Å²) in [5, 5.41) is 2.02. The summed E-state index contributed by atoms with van der Waals surface area (Å²) >= 11 is 1.63. The molecule has 8 heteroatoms. The van der Waals surface area contributed by atoms with Crippen LogP contribution < -0.4 is 9.47 Å². The zero-order valence-electron chi connectivity index (χ0n) is 20.5. The maximum atomic E-state index is 13.5. The Morgan fingerprint density at radius 2 is 1.76 bits per heavy atom. The number of nitrogens with zero attached hydrogens (tertiary/aromatic N) is 2. The van der Waals surface area contributed by atoms with Gasteiger partial charge in [0.2, 0.25) is 11.8 Å². The molecular weight excluding hydrogens is 452 g/mol. The van der Waals surface area contributed by atoms with Gasteiger partial charge in [0.25, 0.3) is 0 Å². The van der Waals surface area contributed by atoms with Crippen molar-refractivity contribution in [2.45, 2.75) is 51.1 Å². The van der Waals surface area contributed by atoms with Crippen LogP contribution in [-0.4, -0.2) is 68.7 Å². The van der Waals surface area contributed by atoms with E-state index in [2.05, 4.69) is 0 Å². The van der Waals surface area contributed by atoms with E-state index in [0.29, 0.717) is 31.0 Å². The average Bonchev–Trinajstić information content (AvgIpc) is 3.38. The molecule has 0 aliphatic heterocycles. The lowest BCUT2D eigenvalue weighted by molar-refractivity contribution is -0.145. The molecule has 0 N–H and O–H groups in total. The molecule has 1 heterocycles. The quantitative estimate of drug-likeness (QED) is 0.449. The molecule has 186 valence electrons. The third-order valence-electron chi connectivity index (χ3n) is 6.31. The van der Waals surface area contributed by atoms with Crippen LogP contribution in [-0.2, 0) is 27.3 Å². The van der Waals surface area contributed by atoms with Crippen LogP contribution >= 0.6 is 11.3 Å². The first-order chi connectivity index (χ1) is 16.5. The number of hydrogen-bond donors (Lipinski definition) is 0. The van der Waals surface area contributed by atoms with Crippen molar-refractivity contribution in [2.24, 2.45) is 0 Å². The largest absolute Gasteiger partial charge is 0.493 e. The van der Waals surface area contributed by atoms with E-state index in [4.69, 9.17) is 14.2 Å². The van der Waals surface area contributed by atoms with Crippen molar-refractivity contribution in [3.8, 4) is 11.5 Å². The summed E-state index contributed by atoms with van der Waals surface area (Å²) in [6.07, 6.45) is 5.93. The summed E-state index contributed by atoms with van der Waals surface area (Å²) in [7, 11) is 4.75. The summed E-state index contributed by atoms with van der Waals surface area (Å²) in [5.74, 6) is 1.20. The highest BCUT2D eigenvalue weighted by Crippen LogP contribution is 2.28. The Hall–Kier alpha value is -2.58. The fourth-order valence-electron chi connectivity index (χ4n) is 4.45. The lowest BCUT2D eigenvalue weighted by Gasteiger charge is -2.35. The number of ether oxygens (including phenoxy) is 3. The van der Waals surface area contributed by atoms with Gasteiger partial charge in [-0.15, -0.1) is 11.3 Å². The van der Waals surface area contributed by atoms with Crippen LogP contribution in [0.15, 0.2) is 35.7 Å². The third-order valence-corrected chi connectivity index (χ3v) is 7.17. The Kier molecular flexibility index (Phi) is 10.2. The van der Waals surface area contributed by atoms with Gasteiger partial charge in [-0.25, -0.2) is 0 Å². The van der Waals surface area contributed by atoms with Crippen molar-refractivity contribution < 1.29 is 23.8 Å². The Bertz CT molecular complexity index is 912. The molecule has 0 spiro atoms. The van der Waals surface area contributed by atoms with Gasteiger partial charge >= 0.3 is 0 Å². The Balaban J connectivity index is 1.74. The first-order valence-corrected chi connectivity index (χ1v) is 12.7. The van der Waals surface area contributed by atoms with Gasteiger partial charge in [-0.05, 0) is 48.4 Å². The normalized spacial score (nSPS) is 14.0. The predicted octanol–water partition coefficient (Wildman–Crippen LogP) is 4.14. The number of amides is 2. The maximum Gasteiger partial charge on any atom is 0.249 e. The SMILES string of the molecule is COCC(=O)N(CC(=O)N(CCc1ccc(OC)c(OC)c1)Cc1cccs1)C1CCCCC1. The van der Waals surface area contributed by atoms with Gasteiger partial charge in [-0.3, -0.25) is 9.59 Å². The number of carbonyl (C=O) groups is 2. The Labute approximate surface area is 206 Å². The first kappa shape index (κ1) is 26.0. The number of rotatable bonds is 12. The minimum Gasteiger partial charge on any atom is -0.493 e. The number of hydrogen-bond acceptors (Lipinski definition) is 6. The zero-order valence-corrected chi connectivity index (χ0v) is 21.3. The van der Waals surface area contributed by atoms with Crippen molar-refractivity contribution in [1.82, 2.24) is 9.80 Å². The lowest BCUT2D eigenvalue weighted by atomic mass is 9.94. The van der Waals surface area contributed by atoms with Crippen molar-refractivity contribution >= 4 is 23.2 Å².